The number of aliphatic hydroxyl groups excluding tert-OH is 1. The maximum absolute atomic E-state index is 13.4. The van der Waals surface area contributed by atoms with E-state index in [2.05, 4.69) is 6.92 Å². The van der Waals surface area contributed by atoms with E-state index < -0.39 is 6.10 Å². The lowest BCUT2D eigenvalue weighted by molar-refractivity contribution is 0.123. The molecular formula is C13H20FNO. The average molecular weight is 225 g/mol. The molecule has 0 saturated carbocycles. The van der Waals surface area contributed by atoms with Crippen LogP contribution in [0.4, 0.5) is 4.39 Å². The van der Waals surface area contributed by atoms with Crippen molar-refractivity contribution in [1.82, 2.24) is 4.90 Å². The van der Waals surface area contributed by atoms with Gasteiger partial charge >= 0.3 is 0 Å². The number of nitrogens with zero attached hydrogens (tertiary/aromatic N) is 1. The summed E-state index contributed by atoms with van der Waals surface area (Å²) in [6.45, 7) is 3.53. The number of hydrogen-bond donors (Lipinski definition) is 1. The SMILES string of the molecule is CCCCN(C)CC(O)c1ccccc1F. The van der Waals surface area contributed by atoms with Gasteiger partial charge in [0.05, 0.1) is 6.10 Å². The number of likely N-dealkylation sites (N-methyl/N-ethyl adjacent to an activating group) is 1. The van der Waals surface area contributed by atoms with Crippen molar-refractivity contribution < 1.29 is 9.50 Å². The van der Waals surface area contributed by atoms with Crippen LogP contribution >= 0.6 is 0 Å². The van der Waals surface area contributed by atoms with Crippen LogP contribution in [0.5, 0.6) is 0 Å². The zero-order chi connectivity index (χ0) is 12.0. The summed E-state index contributed by atoms with van der Waals surface area (Å²) in [6.07, 6.45) is 1.48. The predicted octanol–water partition coefficient (Wildman–Crippen LogP) is 2.59. The van der Waals surface area contributed by atoms with Crippen molar-refractivity contribution in [3.63, 3.8) is 0 Å². The fraction of sp³-hybridized carbons (Fsp3) is 0.538. The Bertz CT molecular complexity index is 317. The monoisotopic (exact) mass is 225 g/mol. The van der Waals surface area contributed by atoms with Crippen LogP contribution in [-0.2, 0) is 0 Å². The van der Waals surface area contributed by atoms with Crippen LogP contribution in [-0.4, -0.2) is 30.1 Å². The van der Waals surface area contributed by atoms with Gasteiger partial charge in [-0.25, -0.2) is 4.39 Å². The van der Waals surface area contributed by atoms with Gasteiger partial charge in [0.1, 0.15) is 5.82 Å². The largest absolute Gasteiger partial charge is 0.387 e. The number of rotatable bonds is 6. The Morgan fingerprint density at radius 1 is 1.38 bits per heavy atom. The minimum atomic E-state index is -0.747. The quantitative estimate of drug-likeness (QED) is 0.804. The second kappa shape index (κ2) is 6.61. The maximum Gasteiger partial charge on any atom is 0.129 e. The van der Waals surface area contributed by atoms with Crippen LogP contribution in [0, 0.1) is 5.82 Å². The first-order valence-electron chi connectivity index (χ1n) is 5.76. The summed E-state index contributed by atoms with van der Waals surface area (Å²) in [6, 6.07) is 6.39. The minimum absolute atomic E-state index is 0.334. The lowest BCUT2D eigenvalue weighted by atomic mass is 10.1. The number of benzene rings is 1. The molecular weight excluding hydrogens is 205 g/mol. The van der Waals surface area contributed by atoms with E-state index in [9.17, 15) is 9.50 Å². The van der Waals surface area contributed by atoms with Gasteiger partial charge < -0.3 is 10.0 Å². The molecule has 0 spiro atoms. The molecule has 1 aromatic rings. The summed E-state index contributed by atoms with van der Waals surface area (Å²) in [4.78, 5) is 2.03. The molecule has 0 bridgehead atoms. The summed E-state index contributed by atoms with van der Waals surface area (Å²) < 4.78 is 13.4. The third-order valence-electron chi connectivity index (χ3n) is 2.64. The number of aliphatic hydroxyl groups is 1. The first kappa shape index (κ1) is 13.1. The first-order valence-corrected chi connectivity index (χ1v) is 5.76. The Kier molecular flexibility index (Phi) is 5.43. The average Bonchev–Trinajstić information content (AvgIpc) is 2.26. The van der Waals surface area contributed by atoms with Crippen molar-refractivity contribution in [1.29, 1.82) is 0 Å². The molecule has 1 unspecified atom stereocenters. The third-order valence-corrected chi connectivity index (χ3v) is 2.64. The van der Waals surface area contributed by atoms with Crippen molar-refractivity contribution in [3.05, 3.63) is 35.6 Å². The van der Waals surface area contributed by atoms with Gasteiger partial charge in [-0.15, -0.1) is 0 Å². The van der Waals surface area contributed by atoms with Crippen molar-refractivity contribution in [2.75, 3.05) is 20.1 Å². The Morgan fingerprint density at radius 3 is 2.69 bits per heavy atom. The van der Waals surface area contributed by atoms with Crippen LogP contribution in [0.25, 0.3) is 0 Å². The van der Waals surface area contributed by atoms with Crippen molar-refractivity contribution in [3.8, 4) is 0 Å². The highest BCUT2D eigenvalue weighted by Gasteiger charge is 2.13. The highest BCUT2D eigenvalue weighted by Crippen LogP contribution is 2.17. The molecule has 0 heterocycles. The molecule has 0 aliphatic heterocycles. The van der Waals surface area contributed by atoms with Crippen molar-refractivity contribution >= 4 is 0 Å². The van der Waals surface area contributed by atoms with Gasteiger partial charge in [-0.05, 0) is 26.1 Å². The van der Waals surface area contributed by atoms with E-state index >= 15 is 0 Å². The molecule has 0 aliphatic rings. The van der Waals surface area contributed by atoms with Crippen LogP contribution < -0.4 is 0 Å². The minimum Gasteiger partial charge on any atom is -0.387 e. The molecule has 1 aromatic carbocycles. The van der Waals surface area contributed by atoms with E-state index in [1.54, 1.807) is 18.2 Å². The Hall–Kier alpha value is -0.930. The van der Waals surface area contributed by atoms with E-state index in [-0.39, 0.29) is 5.82 Å². The second-order valence-corrected chi connectivity index (χ2v) is 4.15. The van der Waals surface area contributed by atoms with E-state index in [1.807, 2.05) is 11.9 Å². The third kappa shape index (κ3) is 3.91. The predicted molar refractivity (Wildman–Crippen MR) is 63.8 cm³/mol. The molecule has 1 atom stereocenters. The molecule has 0 amide bonds. The number of hydrogen-bond acceptors (Lipinski definition) is 2. The maximum atomic E-state index is 13.4. The van der Waals surface area contributed by atoms with Gasteiger partial charge in [-0.1, -0.05) is 31.5 Å². The van der Waals surface area contributed by atoms with E-state index in [0.717, 1.165) is 19.4 Å². The van der Waals surface area contributed by atoms with Gasteiger partial charge in [0.25, 0.3) is 0 Å². The topological polar surface area (TPSA) is 23.5 Å². The summed E-state index contributed by atoms with van der Waals surface area (Å²) in [5, 5.41) is 9.89. The zero-order valence-electron chi connectivity index (χ0n) is 9.99. The molecule has 0 saturated heterocycles. The van der Waals surface area contributed by atoms with E-state index in [0.29, 0.717) is 12.1 Å². The summed E-state index contributed by atoms with van der Waals surface area (Å²) in [5.41, 5.74) is 0.380. The lowest BCUT2D eigenvalue weighted by Gasteiger charge is -2.20. The van der Waals surface area contributed by atoms with Crippen LogP contribution in [0.15, 0.2) is 24.3 Å². The van der Waals surface area contributed by atoms with Gasteiger partial charge in [0.15, 0.2) is 0 Å². The second-order valence-electron chi connectivity index (χ2n) is 4.15. The van der Waals surface area contributed by atoms with Crippen molar-refractivity contribution in [2.24, 2.45) is 0 Å². The smallest absolute Gasteiger partial charge is 0.129 e. The number of unbranched alkanes of at least 4 members (excludes halogenated alkanes) is 1. The number of halogens is 1. The molecule has 1 rings (SSSR count). The fourth-order valence-corrected chi connectivity index (χ4v) is 1.66. The van der Waals surface area contributed by atoms with Crippen LogP contribution in [0.2, 0.25) is 0 Å². The summed E-state index contributed by atoms with van der Waals surface area (Å²) in [5.74, 6) is -0.334. The normalized spacial score (nSPS) is 13.1. The Balaban J connectivity index is 2.52. The summed E-state index contributed by atoms with van der Waals surface area (Å²) >= 11 is 0. The molecule has 90 valence electrons. The zero-order valence-corrected chi connectivity index (χ0v) is 9.99. The molecule has 1 N–H and O–H groups in total. The fourth-order valence-electron chi connectivity index (χ4n) is 1.66. The highest BCUT2D eigenvalue weighted by molar-refractivity contribution is 5.19. The molecule has 0 radical (unpaired) electrons. The van der Waals surface area contributed by atoms with Gasteiger partial charge in [-0.2, -0.15) is 0 Å². The molecule has 2 nitrogen and oxygen atoms in total. The van der Waals surface area contributed by atoms with Crippen LogP contribution in [0.1, 0.15) is 31.4 Å². The molecule has 0 aromatic heterocycles. The summed E-state index contributed by atoms with van der Waals surface area (Å²) in [7, 11) is 1.94. The first-order chi connectivity index (χ1) is 7.65. The van der Waals surface area contributed by atoms with Crippen molar-refractivity contribution in [2.45, 2.75) is 25.9 Å². The molecule has 0 fully saturated rings. The standard InChI is InChI=1S/C13H20FNO/c1-3-4-9-15(2)10-13(16)11-7-5-6-8-12(11)14/h5-8,13,16H,3-4,9-10H2,1-2H3. The lowest BCUT2D eigenvalue weighted by Crippen LogP contribution is -2.26. The van der Waals surface area contributed by atoms with E-state index in [4.69, 9.17) is 0 Å². The molecule has 3 heteroatoms. The van der Waals surface area contributed by atoms with Gasteiger partial charge in [-0.3, -0.25) is 0 Å². The van der Waals surface area contributed by atoms with Gasteiger partial charge in [0, 0.05) is 12.1 Å². The van der Waals surface area contributed by atoms with Crippen LogP contribution in [0.3, 0.4) is 0 Å². The van der Waals surface area contributed by atoms with E-state index in [1.165, 1.54) is 6.07 Å². The Labute approximate surface area is 96.7 Å². The highest BCUT2D eigenvalue weighted by atomic mass is 19.1. The van der Waals surface area contributed by atoms with Gasteiger partial charge in [0.2, 0.25) is 0 Å². The Morgan fingerprint density at radius 2 is 2.06 bits per heavy atom. The molecule has 16 heavy (non-hydrogen) atoms. The molecule has 0 aliphatic carbocycles.